The van der Waals surface area contributed by atoms with Gasteiger partial charge in [0.15, 0.2) is 26.4 Å². The fourth-order valence-electron chi connectivity index (χ4n) is 3.73. The van der Waals surface area contributed by atoms with Gasteiger partial charge in [-0.25, -0.2) is 9.59 Å². The lowest BCUT2D eigenvalue weighted by Gasteiger charge is -2.53. The van der Waals surface area contributed by atoms with Crippen LogP contribution in [0.5, 0.6) is 0 Å². The molecular weight excluding hydrogens is 453 g/mol. The third kappa shape index (κ3) is 7.53. The van der Waals surface area contributed by atoms with Crippen LogP contribution in [0.4, 0.5) is 0 Å². The number of hydrogen-bond acceptors (Lipinski definition) is 5. The van der Waals surface area contributed by atoms with Crippen molar-refractivity contribution >= 4 is 48.8 Å². The first kappa shape index (κ1) is 29.4. The molecule has 0 fully saturated rings. The number of aliphatic carboxylic acids is 2. The van der Waals surface area contributed by atoms with Crippen molar-refractivity contribution in [2.45, 2.75) is 85.2 Å². The molecule has 2 unspecified atom stereocenters. The van der Waals surface area contributed by atoms with Crippen LogP contribution >= 0.6 is 0 Å². The summed E-state index contributed by atoms with van der Waals surface area (Å²) in [4.78, 5) is 24.5. The van der Waals surface area contributed by atoms with Crippen molar-refractivity contribution in [3.63, 3.8) is 0 Å². The Balaban J connectivity index is 7.16. The highest BCUT2D eigenvalue weighted by molar-refractivity contribution is 6.70. The molecule has 0 radical (unpaired) electrons. The van der Waals surface area contributed by atoms with Crippen molar-refractivity contribution in [3.05, 3.63) is 11.1 Å². The van der Waals surface area contributed by atoms with Crippen LogP contribution in [0, 0.1) is 11.3 Å². The van der Waals surface area contributed by atoms with Gasteiger partial charge in [0.25, 0.3) is 0 Å². The van der Waals surface area contributed by atoms with Gasteiger partial charge in [0.1, 0.15) is 10.5 Å². The van der Waals surface area contributed by atoms with Crippen molar-refractivity contribution in [2.24, 2.45) is 11.3 Å². The molecule has 0 aliphatic rings. The van der Waals surface area contributed by atoms with Crippen molar-refractivity contribution in [3.8, 4) is 0 Å². The minimum Gasteiger partial charge on any atom is -0.478 e. The van der Waals surface area contributed by atoms with E-state index in [1.54, 1.807) is 27.7 Å². The highest BCUT2D eigenvalue weighted by Crippen LogP contribution is 2.47. The Labute approximate surface area is 189 Å². The molecule has 2 atom stereocenters. The SMILES string of the molecule is CC(C)/C(C(=O)O)=C(\C(=O)O)C(C)(C)C(C)(O[Si](C)(C)C)C(O[Si](C)(C)C)[SiH2]O[SiH3]. The summed E-state index contributed by atoms with van der Waals surface area (Å²) in [7, 11) is -4.87. The van der Waals surface area contributed by atoms with Gasteiger partial charge in [-0.2, -0.15) is 0 Å². The maximum absolute atomic E-state index is 12.5. The molecule has 0 aromatic rings. The number of carboxylic acid groups (broad SMARTS) is 2. The molecule has 30 heavy (non-hydrogen) atoms. The summed E-state index contributed by atoms with van der Waals surface area (Å²) in [6.45, 7) is 21.2. The smallest absolute Gasteiger partial charge is 0.332 e. The molecule has 0 amide bonds. The van der Waals surface area contributed by atoms with E-state index in [0.717, 1.165) is 0 Å². The van der Waals surface area contributed by atoms with E-state index in [4.69, 9.17) is 13.0 Å². The summed E-state index contributed by atoms with van der Waals surface area (Å²) in [5.41, 5.74) is -2.83. The highest BCUT2D eigenvalue weighted by Gasteiger charge is 2.56. The molecule has 0 aliphatic heterocycles. The molecule has 0 aromatic carbocycles. The summed E-state index contributed by atoms with van der Waals surface area (Å²) in [6, 6.07) is 0. The second-order valence-electron chi connectivity index (χ2n) is 10.7. The zero-order valence-corrected chi connectivity index (χ0v) is 26.2. The van der Waals surface area contributed by atoms with Crippen LogP contribution in [0.2, 0.25) is 39.3 Å². The second kappa shape index (κ2) is 10.4. The van der Waals surface area contributed by atoms with Gasteiger partial charge in [-0.15, -0.1) is 0 Å². The lowest BCUT2D eigenvalue weighted by molar-refractivity contribution is -0.140. The van der Waals surface area contributed by atoms with Crippen LogP contribution in [-0.2, 0) is 22.6 Å². The van der Waals surface area contributed by atoms with Crippen LogP contribution < -0.4 is 0 Å². The van der Waals surface area contributed by atoms with E-state index in [1.165, 1.54) is 0 Å². The number of rotatable bonds is 12. The lowest BCUT2D eigenvalue weighted by Crippen LogP contribution is -2.63. The van der Waals surface area contributed by atoms with Gasteiger partial charge in [-0.3, -0.25) is 0 Å². The van der Waals surface area contributed by atoms with Gasteiger partial charge >= 0.3 is 11.9 Å². The molecule has 0 saturated heterocycles. The van der Waals surface area contributed by atoms with Crippen LogP contribution in [-0.4, -0.2) is 70.4 Å². The first-order valence-electron chi connectivity index (χ1n) is 10.3. The Hall–Kier alpha value is -0.572. The van der Waals surface area contributed by atoms with Gasteiger partial charge in [-0.05, 0) is 52.1 Å². The van der Waals surface area contributed by atoms with Crippen LogP contribution in [0.3, 0.4) is 0 Å². The Morgan fingerprint density at radius 1 is 0.933 bits per heavy atom. The van der Waals surface area contributed by atoms with E-state index in [0.29, 0.717) is 10.5 Å². The minimum absolute atomic E-state index is 0.0990. The standard InChI is InChI=1S/C19H42O7Si4/c1-12(2)13(15(20)21)14(16(22)23)18(3,4)19(5,25-30(9,10)11)17(28-26-27)24-29(6,7)8/h12,17H,28H2,1-11,27H3,(H,20,21)(H,22,23)/b14-13-. The third-order valence-electron chi connectivity index (χ3n) is 5.10. The fraction of sp³-hybridized carbons (Fsp3) is 0.789. The number of hydrogen-bond donors (Lipinski definition) is 2. The molecule has 0 heterocycles. The van der Waals surface area contributed by atoms with Gasteiger partial charge < -0.3 is 23.2 Å². The van der Waals surface area contributed by atoms with Gasteiger partial charge in [-0.1, -0.05) is 27.7 Å². The monoisotopic (exact) mass is 494 g/mol. The van der Waals surface area contributed by atoms with Crippen molar-refractivity contribution in [1.82, 2.24) is 0 Å². The van der Waals surface area contributed by atoms with Crippen molar-refractivity contribution < 1.29 is 32.8 Å². The number of carboxylic acids is 2. The van der Waals surface area contributed by atoms with Crippen LogP contribution in [0.1, 0.15) is 34.6 Å². The molecule has 0 saturated carbocycles. The summed E-state index contributed by atoms with van der Waals surface area (Å²) < 4.78 is 19.0. The zero-order chi connectivity index (χ0) is 24.3. The van der Waals surface area contributed by atoms with Crippen molar-refractivity contribution in [2.75, 3.05) is 0 Å². The predicted octanol–water partition coefficient (Wildman–Crippen LogP) is 2.30. The van der Waals surface area contributed by atoms with E-state index >= 15 is 0 Å². The largest absolute Gasteiger partial charge is 0.478 e. The van der Waals surface area contributed by atoms with Gasteiger partial charge in [0, 0.05) is 5.41 Å². The lowest BCUT2D eigenvalue weighted by atomic mass is 9.68. The Kier molecular flexibility index (Phi) is 10.2. The molecule has 0 rings (SSSR count). The number of carbonyl (C=O) groups is 2. The molecule has 176 valence electrons. The summed E-state index contributed by atoms with van der Waals surface area (Å²) in [5, 5.41) is 20.0. The van der Waals surface area contributed by atoms with E-state index in [-0.39, 0.29) is 11.1 Å². The Morgan fingerprint density at radius 3 is 1.67 bits per heavy atom. The van der Waals surface area contributed by atoms with Gasteiger partial charge in [0.2, 0.25) is 0 Å². The van der Waals surface area contributed by atoms with E-state index < -0.39 is 61.0 Å². The topological polar surface area (TPSA) is 102 Å². The highest BCUT2D eigenvalue weighted by atomic mass is 28.4. The molecule has 2 N–H and O–H groups in total. The third-order valence-corrected chi connectivity index (χ3v) is 10.0. The van der Waals surface area contributed by atoms with E-state index in [1.807, 2.05) is 26.6 Å². The van der Waals surface area contributed by atoms with E-state index in [9.17, 15) is 19.8 Å². The maximum atomic E-state index is 12.5. The van der Waals surface area contributed by atoms with E-state index in [2.05, 4.69) is 19.6 Å². The first-order chi connectivity index (χ1) is 13.2. The molecular formula is C19H42O7Si4. The minimum atomic E-state index is -2.19. The Morgan fingerprint density at radius 2 is 1.40 bits per heavy atom. The zero-order valence-electron chi connectivity index (χ0n) is 20.8. The molecule has 7 nitrogen and oxygen atoms in total. The first-order valence-corrected chi connectivity index (χ1v) is 19.3. The van der Waals surface area contributed by atoms with Gasteiger partial charge in [0.05, 0.1) is 22.5 Å². The molecule has 0 aliphatic carbocycles. The molecule has 0 bridgehead atoms. The average molecular weight is 495 g/mol. The molecule has 0 spiro atoms. The van der Waals surface area contributed by atoms with Crippen LogP contribution in [0.25, 0.3) is 0 Å². The summed E-state index contributed by atoms with van der Waals surface area (Å²) >= 11 is 0. The molecule has 11 heteroatoms. The summed E-state index contributed by atoms with van der Waals surface area (Å²) in [6.07, 6.45) is 0. The Bertz CT molecular complexity index is 663. The van der Waals surface area contributed by atoms with Crippen LogP contribution in [0.15, 0.2) is 11.1 Å². The maximum Gasteiger partial charge on any atom is 0.332 e. The quantitative estimate of drug-likeness (QED) is 0.317. The molecule has 0 aromatic heterocycles. The van der Waals surface area contributed by atoms with Crippen molar-refractivity contribution in [1.29, 1.82) is 0 Å². The summed E-state index contributed by atoms with van der Waals surface area (Å²) in [5.74, 6) is -2.92. The second-order valence-corrected chi connectivity index (χ2v) is 22.9. The normalized spacial score (nSPS) is 17.9. The average Bonchev–Trinajstić information content (AvgIpc) is 2.47. The fourth-order valence-corrected chi connectivity index (χ4v) is 10.5. The predicted molar refractivity (Wildman–Crippen MR) is 132 cm³/mol.